The van der Waals surface area contributed by atoms with Crippen molar-refractivity contribution in [1.29, 1.82) is 0 Å². The zero-order valence-corrected chi connectivity index (χ0v) is 8.73. The number of halogens is 3. The van der Waals surface area contributed by atoms with Crippen LogP contribution in [0.25, 0.3) is 11.0 Å². The molecule has 0 aliphatic heterocycles. The number of nitrogens with zero attached hydrogens (tertiary/aromatic N) is 2. The van der Waals surface area contributed by atoms with Crippen LogP contribution in [0.5, 0.6) is 5.75 Å². The number of hydrogen-bond acceptors (Lipinski definition) is 5. The number of alkyl halides is 3. The number of anilines is 1. The molecule has 2 aromatic rings. The lowest BCUT2D eigenvalue weighted by atomic mass is 10.3. The third-order valence-corrected chi connectivity index (χ3v) is 2.01. The van der Waals surface area contributed by atoms with Gasteiger partial charge in [-0.3, -0.25) is 4.98 Å². The number of esters is 1. The number of hydrogen-bond donors (Lipinski definition) is 1. The summed E-state index contributed by atoms with van der Waals surface area (Å²) in [7, 11) is 0. The summed E-state index contributed by atoms with van der Waals surface area (Å²) in [4.78, 5) is 18.3. The van der Waals surface area contributed by atoms with Crippen LogP contribution in [0, 0.1) is 0 Å². The molecule has 0 saturated heterocycles. The van der Waals surface area contributed by atoms with Gasteiger partial charge in [-0.15, -0.1) is 0 Å². The molecule has 0 aromatic carbocycles. The minimum Gasteiger partial charge on any atom is -0.416 e. The molecule has 0 saturated carbocycles. The molecule has 0 radical (unpaired) electrons. The van der Waals surface area contributed by atoms with E-state index in [0.29, 0.717) is 5.52 Å². The fraction of sp³-hybridized carbons (Fsp3) is 0.100. The smallest absolute Gasteiger partial charge is 0.416 e. The maximum atomic E-state index is 12.0. The lowest BCUT2D eigenvalue weighted by molar-refractivity contribution is -0.189. The number of nitrogen functional groups attached to an aromatic ring is 1. The summed E-state index contributed by atoms with van der Waals surface area (Å²) in [5.74, 6) is -3.14. The van der Waals surface area contributed by atoms with Gasteiger partial charge in [0.2, 0.25) is 0 Å². The first-order chi connectivity index (χ1) is 8.38. The van der Waals surface area contributed by atoms with Crippen molar-refractivity contribution in [1.82, 2.24) is 9.97 Å². The molecule has 18 heavy (non-hydrogen) atoms. The molecular weight excluding hydrogens is 251 g/mol. The lowest BCUT2D eigenvalue weighted by Crippen LogP contribution is -2.28. The van der Waals surface area contributed by atoms with Gasteiger partial charge < -0.3 is 10.5 Å². The van der Waals surface area contributed by atoms with Crippen LogP contribution < -0.4 is 10.5 Å². The third-order valence-electron chi connectivity index (χ3n) is 2.01. The third kappa shape index (κ3) is 2.31. The number of ether oxygens (including phenoxy) is 1. The van der Waals surface area contributed by atoms with Crippen molar-refractivity contribution in [3.63, 3.8) is 0 Å². The molecule has 2 aromatic heterocycles. The van der Waals surface area contributed by atoms with Crippen LogP contribution in [-0.2, 0) is 4.79 Å². The van der Waals surface area contributed by atoms with Crippen molar-refractivity contribution >= 4 is 22.8 Å². The summed E-state index contributed by atoms with van der Waals surface area (Å²) >= 11 is 0. The van der Waals surface area contributed by atoms with Crippen molar-refractivity contribution in [2.24, 2.45) is 0 Å². The maximum absolute atomic E-state index is 12.0. The predicted octanol–water partition coefficient (Wildman–Crippen LogP) is 1.68. The van der Waals surface area contributed by atoms with E-state index in [-0.39, 0.29) is 11.3 Å². The molecule has 0 aliphatic carbocycles. The van der Waals surface area contributed by atoms with E-state index in [0.717, 1.165) is 6.07 Å². The summed E-state index contributed by atoms with van der Waals surface area (Å²) < 4.78 is 40.2. The highest BCUT2D eigenvalue weighted by molar-refractivity contribution is 5.83. The van der Waals surface area contributed by atoms with Crippen LogP contribution in [0.15, 0.2) is 24.4 Å². The summed E-state index contributed by atoms with van der Waals surface area (Å²) in [5.41, 5.74) is 6.06. The highest BCUT2D eigenvalue weighted by Crippen LogP contribution is 2.26. The van der Waals surface area contributed by atoms with Gasteiger partial charge in [0.25, 0.3) is 0 Å². The molecule has 0 aliphatic rings. The first-order valence-corrected chi connectivity index (χ1v) is 4.68. The van der Waals surface area contributed by atoms with Gasteiger partial charge in [0, 0.05) is 12.3 Å². The average Bonchev–Trinajstić information content (AvgIpc) is 2.28. The summed E-state index contributed by atoms with van der Waals surface area (Å²) in [6, 6.07) is 4.30. The molecule has 2 heterocycles. The number of aromatic nitrogens is 2. The quantitative estimate of drug-likeness (QED) is 0.786. The molecule has 2 rings (SSSR count). The first-order valence-electron chi connectivity index (χ1n) is 4.68. The van der Waals surface area contributed by atoms with Crippen LogP contribution >= 0.6 is 0 Å². The molecule has 8 heteroatoms. The largest absolute Gasteiger partial charge is 0.491 e. The van der Waals surface area contributed by atoms with Gasteiger partial charge in [0.05, 0.1) is 11.0 Å². The van der Waals surface area contributed by atoms with Crippen LogP contribution in [0.2, 0.25) is 0 Å². The SMILES string of the molecule is Nc1nc2cccnc2cc1OC(=O)C(F)(F)F. The molecule has 0 spiro atoms. The fourth-order valence-corrected chi connectivity index (χ4v) is 1.24. The zero-order chi connectivity index (χ0) is 13.3. The van der Waals surface area contributed by atoms with E-state index in [1.54, 1.807) is 12.1 Å². The molecule has 0 bridgehead atoms. The Morgan fingerprint density at radius 1 is 1.33 bits per heavy atom. The van der Waals surface area contributed by atoms with E-state index in [1.807, 2.05) is 0 Å². The number of carbonyl (C=O) groups excluding carboxylic acids is 1. The Balaban J connectivity index is 2.40. The monoisotopic (exact) mass is 257 g/mol. The number of fused-ring (bicyclic) bond motifs is 1. The van der Waals surface area contributed by atoms with Gasteiger partial charge in [0.1, 0.15) is 0 Å². The maximum Gasteiger partial charge on any atom is 0.491 e. The van der Waals surface area contributed by atoms with Crippen LogP contribution in [0.1, 0.15) is 0 Å². The van der Waals surface area contributed by atoms with E-state index in [9.17, 15) is 18.0 Å². The standard InChI is InChI=1S/C10H6F3N3O2/c11-10(12,13)9(17)18-7-4-6-5(16-8(7)14)2-1-3-15-6/h1-4H,(H2,14,16). The fourth-order valence-electron chi connectivity index (χ4n) is 1.24. The van der Waals surface area contributed by atoms with E-state index >= 15 is 0 Å². The van der Waals surface area contributed by atoms with E-state index in [1.165, 1.54) is 6.20 Å². The second kappa shape index (κ2) is 4.13. The molecule has 0 unspecified atom stereocenters. The van der Waals surface area contributed by atoms with Crippen LogP contribution in [0.4, 0.5) is 19.0 Å². The zero-order valence-electron chi connectivity index (χ0n) is 8.73. The minimum absolute atomic E-state index is 0.275. The Hall–Kier alpha value is -2.38. The normalized spacial score (nSPS) is 11.5. The highest BCUT2D eigenvalue weighted by atomic mass is 19.4. The number of carbonyl (C=O) groups is 1. The molecule has 0 fully saturated rings. The Morgan fingerprint density at radius 3 is 2.72 bits per heavy atom. The van der Waals surface area contributed by atoms with Crippen molar-refractivity contribution in [2.45, 2.75) is 6.18 Å². The van der Waals surface area contributed by atoms with Crippen LogP contribution in [0.3, 0.4) is 0 Å². The minimum atomic E-state index is -5.09. The number of pyridine rings is 2. The van der Waals surface area contributed by atoms with Gasteiger partial charge in [-0.25, -0.2) is 9.78 Å². The van der Waals surface area contributed by atoms with Gasteiger partial charge in [-0.2, -0.15) is 13.2 Å². The summed E-state index contributed by atoms with van der Waals surface area (Å²) in [6.07, 6.45) is -3.67. The summed E-state index contributed by atoms with van der Waals surface area (Å²) in [5, 5.41) is 0. The van der Waals surface area contributed by atoms with Crippen LogP contribution in [-0.4, -0.2) is 22.1 Å². The number of rotatable bonds is 1. The van der Waals surface area contributed by atoms with E-state index < -0.39 is 17.9 Å². The Kier molecular flexibility index (Phi) is 2.77. The second-order valence-electron chi connectivity index (χ2n) is 3.30. The molecule has 94 valence electrons. The van der Waals surface area contributed by atoms with E-state index in [2.05, 4.69) is 14.7 Å². The average molecular weight is 257 g/mol. The highest BCUT2D eigenvalue weighted by Gasteiger charge is 2.41. The van der Waals surface area contributed by atoms with E-state index in [4.69, 9.17) is 5.73 Å². The van der Waals surface area contributed by atoms with Crippen molar-refractivity contribution < 1.29 is 22.7 Å². The lowest BCUT2D eigenvalue weighted by Gasteiger charge is -2.09. The van der Waals surface area contributed by atoms with Gasteiger partial charge in [-0.1, -0.05) is 0 Å². The molecule has 5 nitrogen and oxygen atoms in total. The van der Waals surface area contributed by atoms with Gasteiger partial charge in [-0.05, 0) is 12.1 Å². The van der Waals surface area contributed by atoms with Crippen molar-refractivity contribution in [3.8, 4) is 5.75 Å². The number of nitrogens with two attached hydrogens (primary N) is 1. The van der Waals surface area contributed by atoms with Gasteiger partial charge >= 0.3 is 12.1 Å². The van der Waals surface area contributed by atoms with Gasteiger partial charge in [0.15, 0.2) is 11.6 Å². The molecule has 2 N–H and O–H groups in total. The predicted molar refractivity (Wildman–Crippen MR) is 55.6 cm³/mol. The Bertz CT molecular complexity index is 613. The second-order valence-corrected chi connectivity index (χ2v) is 3.30. The van der Waals surface area contributed by atoms with Crippen molar-refractivity contribution in [3.05, 3.63) is 24.4 Å². The summed E-state index contributed by atoms with van der Waals surface area (Å²) in [6.45, 7) is 0. The van der Waals surface area contributed by atoms with Crippen molar-refractivity contribution in [2.75, 3.05) is 5.73 Å². The molecule has 0 atom stereocenters. The Morgan fingerprint density at radius 2 is 2.06 bits per heavy atom. The topological polar surface area (TPSA) is 78.1 Å². The molecular formula is C10H6F3N3O2. The first kappa shape index (κ1) is 12.1. The molecule has 0 amide bonds. The Labute approximate surface area is 98.4 Å².